The lowest BCUT2D eigenvalue weighted by Crippen LogP contribution is -2.08. The molecular weight excluding hydrogens is 393 g/mol. The van der Waals surface area contributed by atoms with Crippen LogP contribution in [0.4, 0.5) is 30.5 Å². The number of halogens is 3. The van der Waals surface area contributed by atoms with E-state index in [-0.39, 0.29) is 5.82 Å². The van der Waals surface area contributed by atoms with Gasteiger partial charge in [0.05, 0.1) is 16.6 Å². The van der Waals surface area contributed by atoms with E-state index in [1.165, 1.54) is 18.2 Å². The SMILES string of the molecule is C=Cc1ccc2nc(C)n(-c3nc(N)cc(Nc4ccc(C(F)(F)F)cc4)n3)c2c1. The van der Waals surface area contributed by atoms with Crippen LogP contribution in [-0.4, -0.2) is 19.5 Å². The molecule has 30 heavy (non-hydrogen) atoms. The minimum Gasteiger partial charge on any atom is -0.383 e. The third kappa shape index (κ3) is 3.69. The van der Waals surface area contributed by atoms with Crippen LogP contribution in [-0.2, 0) is 6.18 Å². The van der Waals surface area contributed by atoms with Gasteiger partial charge in [-0.05, 0) is 48.9 Å². The fraction of sp³-hybridized carbons (Fsp3) is 0.0952. The quantitative estimate of drug-likeness (QED) is 0.489. The van der Waals surface area contributed by atoms with Gasteiger partial charge in [0.25, 0.3) is 0 Å². The summed E-state index contributed by atoms with van der Waals surface area (Å²) in [4.78, 5) is 13.3. The second-order valence-corrected chi connectivity index (χ2v) is 6.62. The maximum Gasteiger partial charge on any atom is 0.416 e. The molecule has 0 amide bonds. The first-order valence-electron chi connectivity index (χ1n) is 8.95. The van der Waals surface area contributed by atoms with Crippen molar-refractivity contribution in [3.8, 4) is 5.95 Å². The third-order valence-electron chi connectivity index (χ3n) is 4.50. The molecule has 6 nitrogen and oxygen atoms in total. The van der Waals surface area contributed by atoms with Gasteiger partial charge in [-0.25, -0.2) is 4.98 Å². The molecule has 0 aliphatic rings. The monoisotopic (exact) mass is 410 g/mol. The van der Waals surface area contributed by atoms with E-state index >= 15 is 0 Å². The normalized spacial score (nSPS) is 11.6. The van der Waals surface area contributed by atoms with Crippen molar-refractivity contribution in [2.24, 2.45) is 0 Å². The van der Waals surface area contributed by atoms with Crippen molar-refractivity contribution in [3.63, 3.8) is 0 Å². The van der Waals surface area contributed by atoms with Gasteiger partial charge >= 0.3 is 6.18 Å². The van der Waals surface area contributed by atoms with Gasteiger partial charge in [0.15, 0.2) is 0 Å². The molecular formula is C21H17F3N6. The molecule has 0 fully saturated rings. The third-order valence-corrected chi connectivity index (χ3v) is 4.50. The Balaban J connectivity index is 1.73. The van der Waals surface area contributed by atoms with Crippen molar-refractivity contribution in [2.75, 3.05) is 11.1 Å². The summed E-state index contributed by atoms with van der Waals surface area (Å²) in [7, 11) is 0. The van der Waals surface area contributed by atoms with Crippen molar-refractivity contribution < 1.29 is 13.2 Å². The lowest BCUT2D eigenvalue weighted by atomic mass is 10.2. The van der Waals surface area contributed by atoms with Gasteiger partial charge in [0, 0.05) is 11.8 Å². The predicted molar refractivity (Wildman–Crippen MR) is 111 cm³/mol. The van der Waals surface area contributed by atoms with Crippen molar-refractivity contribution in [1.29, 1.82) is 0 Å². The summed E-state index contributed by atoms with van der Waals surface area (Å²) in [6, 6.07) is 11.9. The number of aromatic nitrogens is 4. The van der Waals surface area contributed by atoms with Gasteiger partial charge in [-0.15, -0.1) is 0 Å². The largest absolute Gasteiger partial charge is 0.416 e. The number of hydrogen-bond acceptors (Lipinski definition) is 5. The van der Waals surface area contributed by atoms with Crippen LogP contribution in [0.25, 0.3) is 23.1 Å². The summed E-state index contributed by atoms with van der Waals surface area (Å²) in [5, 5.41) is 2.97. The van der Waals surface area contributed by atoms with Gasteiger partial charge in [-0.3, -0.25) is 4.57 Å². The van der Waals surface area contributed by atoms with E-state index in [0.29, 0.717) is 23.3 Å². The molecule has 2 aromatic carbocycles. The summed E-state index contributed by atoms with van der Waals surface area (Å²) in [5.74, 6) is 1.51. The first-order valence-corrected chi connectivity index (χ1v) is 8.95. The van der Waals surface area contributed by atoms with Crippen LogP contribution in [0.2, 0.25) is 0 Å². The number of hydrogen-bond donors (Lipinski definition) is 2. The lowest BCUT2D eigenvalue weighted by molar-refractivity contribution is -0.137. The molecule has 4 rings (SSSR count). The van der Waals surface area contributed by atoms with Gasteiger partial charge < -0.3 is 11.1 Å². The fourth-order valence-corrected chi connectivity index (χ4v) is 3.10. The van der Waals surface area contributed by atoms with E-state index in [4.69, 9.17) is 5.73 Å². The second kappa shape index (κ2) is 7.18. The van der Waals surface area contributed by atoms with Crippen LogP contribution in [0.1, 0.15) is 17.0 Å². The Labute approximate surface area is 169 Å². The standard InChI is InChI=1S/C21H17F3N6/c1-3-13-4-9-16-17(10-13)30(12(2)26-16)20-28-18(25)11-19(29-20)27-15-7-5-14(6-8-15)21(22,23)24/h3-11H,1H2,2H3,(H3,25,27,28,29). The zero-order valence-corrected chi connectivity index (χ0v) is 15.9. The summed E-state index contributed by atoms with van der Waals surface area (Å²) >= 11 is 0. The molecule has 0 aliphatic heterocycles. The molecule has 0 saturated carbocycles. The average molecular weight is 410 g/mol. The van der Waals surface area contributed by atoms with Crippen LogP contribution in [0.5, 0.6) is 0 Å². The van der Waals surface area contributed by atoms with Crippen molar-refractivity contribution >= 4 is 34.4 Å². The Morgan fingerprint density at radius 1 is 1.03 bits per heavy atom. The first-order chi connectivity index (χ1) is 14.2. The molecule has 0 atom stereocenters. The predicted octanol–water partition coefficient (Wildman–Crippen LogP) is 5.11. The van der Waals surface area contributed by atoms with Gasteiger partial charge in [-0.2, -0.15) is 23.1 Å². The number of rotatable bonds is 4. The summed E-state index contributed by atoms with van der Waals surface area (Å²) in [6.07, 6.45) is -2.67. The van der Waals surface area contributed by atoms with E-state index in [2.05, 4.69) is 26.8 Å². The number of aryl methyl sites for hydroxylation is 1. The number of fused-ring (bicyclic) bond motifs is 1. The van der Waals surface area contributed by atoms with Crippen molar-refractivity contribution in [3.05, 3.63) is 72.1 Å². The molecule has 2 heterocycles. The minimum absolute atomic E-state index is 0.204. The molecule has 0 spiro atoms. The van der Waals surface area contributed by atoms with E-state index in [0.717, 1.165) is 28.7 Å². The number of nitrogens with two attached hydrogens (primary N) is 1. The molecule has 9 heteroatoms. The number of alkyl halides is 3. The molecule has 4 aromatic rings. The molecule has 152 valence electrons. The zero-order chi connectivity index (χ0) is 21.5. The Kier molecular flexibility index (Phi) is 4.65. The van der Waals surface area contributed by atoms with E-state index in [9.17, 15) is 13.2 Å². The Morgan fingerprint density at radius 2 is 1.77 bits per heavy atom. The average Bonchev–Trinajstić information content (AvgIpc) is 3.02. The number of imidazole rings is 1. The van der Waals surface area contributed by atoms with Crippen molar-refractivity contribution in [1.82, 2.24) is 19.5 Å². The molecule has 0 bridgehead atoms. The van der Waals surface area contributed by atoms with E-state index in [1.54, 1.807) is 10.6 Å². The summed E-state index contributed by atoms with van der Waals surface area (Å²) in [6.45, 7) is 5.60. The zero-order valence-electron chi connectivity index (χ0n) is 15.9. The Bertz CT molecular complexity index is 1240. The number of nitrogen functional groups attached to an aromatic ring is 1. The van der Waals surface area contributed by atoms with Gasteiger partial charge in [0.2, 0.25) is 5.95 Å². The highest BCUT2D eigenvalue weighted by Crippen LogP contribution is 2.30. The number of nitrogens with one attached hydrogen (secondary N) is 1. The topological polar surface area (TPSA) is 81.7 Å². The Morgan fingerprint density at radius 3 is 2.43 bits per heavy atom. The Hall–Kier alpha value is -3.88. The molecule has 0 saturated heterocycles. The van der Waals surface area contributed by atoms with Crippen LogP contribution in [0, 0.1) is 6.92 Å². The number of anilines is 3. The maximum atomic E-state index is 12.8. The highest BCUT2D eigenvalue weighted by molar-refractivity contribution is 5.80. The van der Waals surface area contributed by atoms with Gasteiger partial charge in [-0.1, -0.05) is 18.7 Å². The smallest absolute Gasteiger partial charge is 0.383 e. The second-order valence-electron chi connectivity index (χ2n) is 6.62. The maximum absolute atomic E-state index is 12.8. The highest BCUT2D eigenvalue weighted by Gasteiger charge is 2.29. The molecule has 3 N–H and O–H groups in total. The van der Waals surface area contributed by atoms with Gasteiger partial charge in [0.1, 0.15) is 17.5 Å². The summed E-state index contributed by atoms with van der Waals surface area (Å²) in [5.41, 5.74) is 8.14. The van der Waals surface area contributed by atoms with Crippen LogP contribution in [0.3, 0.4) is 0 Å². The molecule has 2 aromatic heterocycles. The first kappa shape index (κ1) is 19.4. The van der Waals surface area contributed by atoms with Crippen molar-refractivity contribution in [2.45, 2.75) is 13.1 Å². The fourth-order valence-electron chi connectivity index (χ4n) is 3.10. The van der Waals surface area contributed by atoms with Crippen LogP contribution in [0.15, 0.2) is 55.1 Å². The minimum atomic E-state index is -4.39. The van der Waals surface area contributed by atoms with Crippen LogP contribution >= 0.6 is 0 Å². The van der Waals surface area contributed by atoms with E-state index < -0.39 is 11.7 Å². The molecule has 0 unspecified atom stereocenters. The van der Waals surface area contributed by atoms with E-state index in [1.807, 2.05) is 25.1 Å². The summed E-state index contributed by atoms with van der Waals surface area (Å²) < 4.78 is 40.0. The highest BCUT2D eigenvalue weighted by atomic mass is 19.4. The lowest BCUT2D eigenvalue weighted by Gasteiger charge is -2.11. The number of benzene rings is 2. The molecule has 0 radical (unpaired) electrons. The molecule has 0 aliphatic carbocycles. The number of nitrogens with zero attached hydrogens (tertiary/aromatic N) is 4. The van der Waals surface area contributed by atoms with Crippen LogP contribution < -0.4 is 11.1 Å².